The van der Waals surface area contributed by atoms with Crippen molar-refractivity contribution in [1.82, 2.24) is 19.4 Å². The molecule has 2 heterocycles. The molecule has 7 heteroatoms. The molecular formula is C21H23ClF2N4. The van der Waals surface area contributed by atoms with Gasteiger partial charge in [-0.05, 0) is 36.8 Å². The topological polar surface area (TPSA) is 24.3 Å². The van der Waals surface area contributed by atoms with Gasteiger partial charge in [0.05, 0.1) is 17.1 Å². The van der Waals surface area contributed by atoms with Crippen LogP contribution in [-0.4, -0.2) is 45.5 Å². The first kappa shape index (κ1) is 19.3. The van der Waals surface area contributed by atoms with Crippen molar-refractivity contribution in [3.63, 3.8) is 0 Å². The van der Waals surface area contributed by atoms with Gasteiger partial charge in [0, 0.05) is 37.7 Å². The lowest BCUT2D eigenvalue weighted by Gasteiger charge is -2.37. The summed E-state index contributed by atoms with van der Waals surface area (Å²) in [7, 11) is 0. The SMILES string of the molecule is CC(c1nc2ccccc2n1C(F)F)N1CCN(Cc2ccc(Cl)cc2)CC1. The first-order chi connectivity index (χ1) is 13.5. The fraction of sp³-hybridized carbons (Fsp3) is 0.381. The Morgan fingerprint density at radius 1 is 1.00 bits per heavy atom. The number of piperazine rings is 1. The minimum absolute atomic E-state index is 0.168. The lowest BCUT2D eigenvalue weighted by atomic mass is 10.1. The molecule has 0 aliphatic carbocycles. The summed E-state index contributed by atoms with van der Waals surface area (Å²) in [6.45, 7) is 3.66. The van der Waals surface area contributed by atoms with E-state index in [0.717, 1.165) is 42.3 Å². The molecule has 0 radical (unpaired) electrons. The number of halogens is 3. The normalized spacial score (nSPS) is 17.5. The van der Waals surface area contributed by atoms with E-state index < -0.39 is 6.55 Å². The highest BCUT2D eigenvalue weighted by atomic mass is 35.5. The smallest absolute Gasteiger partial charge is 0.297 e. The number of hydrogen-bond acceptors (Lipinski definition) is 3. The van der Waals surface area contributed by atoms with E-state index in [2.05, 4.69) is 14.8 Å². The molecule has 3 aromatic rings. The Bertz CT molecular complexity index is 933. The molecule has 0 saturated carbocycles. The van der Waals surface area contributed by atoms with E-state index in [-0.39, 0.29) is 6.04 Å². The van der Waals surface area contributed by atoms with Gasteiger partial charge in [0.1, 0.15) is 5.82 Å². The number of hydrogen-bond donors (Lipinski definition) is 0. The Hall–Kier alpha value is -2.02. The van der Waals surface area contributed by atoms with Crippen LogP contribution in [0.5, 0.6) is 0 Å². The maximum Gasteiger partial charge on any atom is 0.320 e. The zero-order valence-corrected chi connectivity index (χ0v) is 16.5. The van der Waals surface area contributed by atoms with Gasteiger partial charge in [-0.1, -0.05) is 35.9 Å². The molecule has 0 spiro atoms. The average Bonchev–Trinajstić information content (AvgIpc) is 3.09. The zero-order valence-electron chi connectivity index (χ0n) is 15.7. The lowest BCUT2D eigenvalue weighted by Crippen LogP contribution is -2.47. The second kappa shape index (κ2) is 8.15. The third-order valence-electron chi connectivity index (χ3n) is 5.47. The van der Waals surface area contributed by atoms with Crippen molar-refractivity contribution < 1.29 is 8.78 Å². The largest absolute Gasteiger partial charge is 0.320 e. The van der Waals surface area contributed by atoms with E-state index in [0.29, 0.717) is 16.9 Å². The second-order valence-corrected chi connectivity index (χ2v) is 7.66. The van der Waals surface area contributed by atoms with E-state index in [9.17, 15) is 8.78 Å². The van der Waals surface area contributed by atoms with Gasteiger partial charge in [-0.15, -0.1) is 0 Å². The molecule has 148 valence electrons. The van der Waals surface area contributed by atoms with Crippen LogP contribution in [0, 0.1) is 0 Å². The monoisotopic (exact) mass is 404 g/mol. The fourth-order valence-corrected chi connectivity index (χ4v) is 4.01. The maximum absolute atomic E-state index is 13.7. The standard InChI is InChI=1S/C21H23ClF2N4/c1-15(20-25-18-4-2-3-5-19(18)28(20)21(23)24)27-12-10-26(11-13-27)14-16-6-8-17(22)9-7-16/h2-9,15,21H,10-14H2,1H3. The van der Waals surface area contributed by atoms with Gasteiger partial charge in [0.15, 0.2) is 0 Å². The number of imidazole rings is 1. The Morgan fingerprint density at radius 2 is 1.68 bits per heavy atom. The summed E-state index contributed by atoms with van der Waals surface area (Å²) in [6.07, 6.45) is 0. The number of nitrogens with zero attached hydrogens (tertiary/aromatic N) is 4. The molecule has 0 amide bonds. The first-order valence-electron chi connectivity index (χ1n) is 9.49. The van der Waals surface area contributed by atoms with E-state index in [1.165, 1.54) is 5.56 Å². The van der Waals surface area contributed by atoms with Crippen molar-refractivity contribution >= 4 is 22.6 Å². The van der Waals surface area contributed by atoms with Crippen LogP contribution in [-0.2, 0) is 6.54 Å². The molecule has 28 heavy (non-hydrogen) atoms. The van der Waals surface area contributed by atoms with Crippen molar-refractivity contribution in [3.05, 3.63) is 64.9 Å². The molecule has 4 rings (SSSR count). The molecule has 0 N–H and O–H groups in total. The van der Waals surface area contributed by atoms with Crippen LogP contribution in [0.3, 0.4) is 0 Å². The maximum atomic E-state index is 13.7. The van der Waals surface area contributed by atoms with Crippen LogP contribution in [0.4, 0.5) is 8.78 Å². The molecule has 1 aromatic heterocycles. The summed E-state index contributed by atoms with van der Waals surface area (Å²) in [5.74, 6) is 0.433. The summed E-state index contributed by atoms with van der Waals surface area (Å²) in [4.78, 5) is 9.13. The predicted octanol–water partition coefficient (Wildman–Crippen LogP) is 4.96. The van der Waals surface area contributed by atoms with Gasteiger partial charge in [0.2, 0.25) is 0 Å². The number of fused-ring (bicyclic) bond motifs is 1. The summed E-state index contributed by atoms with van der Waals surface area (Å²) in [6, 6.07) is 14.8. The quantitative estimate of drug-likeness (QED) is 0.600. The van der Waals surface area contributed by atoms with Gasteiger partial charge in [0.25, 0.3) is 0 Å². The summed E-state index contributed by atoms with van der Waals surface area (Å²) >= 11 is 5.95. The van der Waals surface area contributed by atoms with Crippen molar-refractivity contribution in [2.24, 2.45) is 0 Å². The number of rotatable bonds is 5. The van der Waals surface area contributed by atoms with E-state index in [1.54, 1.807) is 18.2 Å². The van der Waals surface area contributed by atoms with E-state index in [4.69, 9.17) is 11.6 Å². The highest BCUT2D eigenvalue weighted by Crippen LogP contribution is 2.30. The minimum atomic E-state index is -2.60. The molecule has 1 atom stereocenters. The van der Waals surface area contributed by atoms with E-state index in [1.807, 2.05) is 37.3 Å². The van der Waals surface area contributed by atoms with Crippen LogP contribution in [0.25, 0.3) is 11.0 Å². The molecule has 1 unspecified atom stereocenters. The Balaban J connectivity index is 1.45. The van der Waals surface area contributed by atoms with Crippen LogP contribution < -0.4 is 0 Å². The third-order valence-corrected chi connectivity index (χ3v) is 5.72. The van der Waals surface area contributed by atoms with Gasteiger partial charge < -0.3 is 0 Å². The van der Waals surface area contributed by atoms with E-state index >= 15 is 0 Å². The third kappa shape index (κ3) is 3.90. The molecule has 2 aromatic carbocycles. The highest BCUT2D eigenvalue weighted by Gasteiger charge is 2.28. The molecule has 1 aliphatic rings. The fourth-order valence-electron chi connectivity index (χ4n) is 3.88. The van der Waals surface area contributed by atoms with Gasteiger partial charge in [-0.3, -0.25) is 14.4 Å². The minimum Gasteiger partial charge on any atom is -0.297 e. The summed E-state index contributed by atoms with van der Waals surface area (Å²) in [5.41, 5.74) is 2.33. The molecule has 4 nitrogen and oxygen atoms in total. The van der Waals surface area contributed by atoms with Gasteiger partial charge in [-0.25, -0.2) is 4.98 Å². The van der Waals surface area contributed by atoms with Crippen LogP contribution >= 0.6 is 11.6 Å². The van der Waals surface area contributed by atoms with Crippen LogP contribution in [0.2, 0.25) is 5.02 Å². The van der Waals surface area contributed by atoms with Crippen molar-refractivity contribution in [2.75, 3.05) is 26.2 Å². The average molecular weight is 405 g/mol. The first-order valence-corrected chi connectivity index (χ1v) is 9.86. The number of aromatic nitrogens is 2. The number of alkyl halides is 2. The highest BCUT2D eigenvalue weighted by molar-refractivity contribution is 6.30. The molecule has 1 saturated heterocycles. The molecule has 1 fully saturated rings. The zero-order chi connectivity index (χ0) is 19.7. The van der Waals surface area contributed by atoms with Crippen molar-refractivity contribution in [1.29, 1.82) is 0 Å². The van der Waals surface area contributed by atoms with Gasteiger partial charge >= 0.3 is 6.55 Å². The number of benzene rings is 2. The number of para-hydroxylation sites is 2. The lowest BCUT2D eigenvalue weighted by molar-refractivity contribution is 0.0558. The molecule has 1 aliphatic heterocycles. The van der Waals surface area contributed by atoms with Crippen LogP contribution in [0.15, 0.2) is 48.5 Å². The molecular weight excluding hydrogens is 382 g/mol. The van der Waals surface area contributed by atoms with Crippen LogP contribution in [0.1, 0.15) is 30.9 Å². The van der Waals surface area contributed by atoms with Crippen molar-refractivity contribution in [3.8, 4) is 0 Å². The Labute approximate surface area is 168 Å². The van der Waals surface area contributed by atoms with Crippen molar-refractivity contribution in [2.45, 2.75) is 26.1 Å². The molecule has 0 bridgehead atoms. The predicted molar refractivity (Wildman–Crippen MR) is 108 cm³/mol. The second-order valence-electron chi connectivity index (χ2n) is 7.22. The Morgan fingerprint density at radius 3 is 2.36 bits per heavy atom. The van der Waals surface area contributed by atoms with Gasteiger partial charge in [-0.2, -0.15) is 8.78 Å². The summed E-state index contributed by atoms with van der Waals surface area (Å²) in [5, 5.41) is 0.740. The summed E-state index contributed by atoms with van der Waals surface area (Å²) < 4.78 is 28.5. The Kier molecular flexibility index (Phi) is 5.62.